The minimum absolute atomic E-state index is 0.307. The van der Waals surface area contributed by atoms with Crippen molar-refractivity contribution in [3.8, 4) is 0 Å². The zero-order valence-corrected chi connectivity index (χ0v) is 22.4. The van der Waals surface area contributed by atoms with Gasteiger partial charge in [-0.3, -0.25) is 9.59 Å². The largest absolute Gasteiger partial charge is 0.416 e. The van der Waals surface area contributed by atoms with Crippen LogP contribution in [0.15, 0.2) is 53.5 Å². The van der Waals surface area contributed by atoms with E-state index in [-0.39, 0.29) is 0 Å². The van der Waals surface area contributed by atoms with Gasteiger partial charge in [-0.15, -0.1) is 0 Å². The first-order valence-electron chi connectivity index (χ1n) is 13.7. The van der Waals surface area contributed by atoms with Crippen molar-refractivity contribution in [1.29, 1.82) is 0 Å². The number of aliphatic hydroxyl groups is 1. The first kappa shape index (κ1) is 28.8. The molecule has 1 heterocycles. The Morgan fingerprint density at radius 1 is 1.10 bits per heavy atom. The number of nitrogens with one attached hydrogen (secondary N) is 1. The number of anilines is 1. The minimum atomic E-state index is -4.48. The summed E-state index contributed by atoms with van der Waals surface area (Å²) in [5.74, 6) is -1.18. The molecule has 1 aliphatic heterocycles. The van der Waals surface area contributed by atoms with E-state index in [1.54, 1.807) is 31.3 Å². The minimum Gasteiger partial charge on any atom is -0.392 e. The highest BCUT2D eigenvalue weighted by atomic mass is 19.4. The van der Waals surface area contributed by atoms with Crippen LogP contribution in [-0.2, 0) is 15.8 Å². The third-order valence-corrected chi connectivity index (χ3v) is 7.55. The van der Waals surface area contributed by atoms with Gasteiger partial charge in [-0.2, -0.15) is 13.2 Å². The summed E-state index contributed by atoms with van der Waals surface area (Å²) in [6, 6.07) is 11.6. The number of carbonyl (C=O) groups is 2. The lowest BCUT2D eigenvalue weighted by Crippen LogP contribution is -2.49. The van der Waals surface area contributed by atoms with Gasteiger partial charge in [0.05, 0.1) is 29.0 Å². The van der Waals surface area contributed by atoms with Crippen molar-refractivity contribution in [2.75, 3.05) is 11.9 Å². The van der Waals surface area contributed by atoms with Gasteiger partial charge in [-0.25, -0.2) is 4.99 Å². The number of aliphatic imine (C=N–C) groups is 1. The van der Waals surface area contributed by atoms with Crippen LogP contribution >= 0.6 is 0 Å². The molecule has 2 amide bonds. The average Bonchev–Trinajstić information content (AvgIpc) is 3.75. The highest BCUT2D eigenvalue weighted by Crippen LogP contribution is 2.37. The highest BCUT2D eigenvalue weighted by Gasteiger charge is 2.37. The molecule has 9 heteroatoms. The van der Waals surface area contributed by atoms with Crippen LogP contribution in [0.1, 0.15) is 75.0 Å². The van der Waals surface area contributed by atoms with E-state index in [1.807, 2.05) is 0 Å². The van der Waals surface area contributed by atoms with E-state index in [0.717, 1.165) is 50.7 Å². The lowest BCUT2D eigenvalue weighted by atomic mass is 9.91. The van der Waals surface area contributed by atoms with Gasteiger partial charge >= 0.3 is 6.18 Å². The molecule has 2 aromatic carbocycles. The molecule has 1 aliphatic carbocycles. The fourth-order valence-electron chi connectivity index (χ4n) is 5.04. The molecule has 39 heavy (non-hydrogen) atoms. The summed E-state index contributed by atoms with van der Waals surface area (Å²) in [6.45, 7) is 2.11. The number of nitrogens with zero attached hydrogens (tertiary/aromatic N) is 2. The SMILES string of the molecule is CCCCCCC(O)C(CC1CC1)C(=O)NC1N=C(c2ccc(C(F)(F)F)cc2)c2ccccc2N(C)C1=O. The monoisotopic (exact) mass is 543 g/mol. The predicted molar refractivity (Wildman–Crippen MR) is 144 cm³/mol. The van der Waals surface area contributed by atoms with E-state index < -0.39 is 41.7 Å². The Bertz CT molecular complexity index is 1190. The summed E-state index contributed by atoms with van der Waals surface area (Å²) in [6.07, 6.45) is 0.433. The first-order chi connectivity index (χ1) is 18.6. The van der Waals surface area contributed by atoms with Crippen molar-refractivity contribution < 1.29 is 27.9 Å². The second-order valence-electron chi connectivity index (χ2n) is 10.6. The van der Waals surface area contributed by atoms with Gasteiger partial charge < -0.3 is 15.3 Å². The van der Waals surface area contributed by atoms with Crippen LogP contribution in [0.25, 0.3) is 0 Å². The highest BCUT2D eigenvalue weighted by molar-refractivity contribution is 6.20. The molecule has 2 aromatic rings. The van der Waals surface area contributed by atoms with Gasteiger partial charge in [0.25, 0.3) is 5.91 Å². The van der Waals surface area contributed by atoms with Crippen molar-refractivity contribution >= 4 is 23.2 Å². The molecule has 2 N–H and O–H groups in total. The van der Waals surface area contributed by atoms with Crippen LogP contribution in [0.3, 0.4) is 0 Å². The molecule has 0 spiro atoms. The van der Waals surface area contributed by atoms with Crippen LogP contribution in [0.5, 0.6) is 0 Å². The van der Waals surface area contributed by atoms with E-state index in [9.17, 15) is 27.9 Å². The Morgan fingerprint density at radius 2 is 1.79 bits per heavy atom. The molecule has 210 valence electrons. The number of aliphatic hydroxyl groups excluding tert-OH is 1. The number of rotatable bonds is 11. The number of fused-ring (bicyclic) bond motifs is 1. The van der Waals surface area contributed by atoms with Crippen LogP contribution in [-0.4, -0.2) is 41.9 Å². The van der Waals surface area contributed by atoms with E-state index in [2.05, 4.69) is 17.2 Å². The van der Waals surface area contributed by atoms with Crippen molar-refractivity contribution in [2.45, 2.75) is 76.7 Å². The normalized spacial score (nSPS) is 19.1. The third-order valence-electron chi connectivity index (χ3n) is 7.55. The maximum absolute atomic E-state index is 13.5. The molecule has 1 saturated carbocycles. The Hall–Kier alpha value is -3.20. The first-order valence-corrected chi connectivity index (χ1v) is 13.7. The summed E-state index contributed by atoms with van der Waals surface area (Å²) in [7, 11) is 1.58. The molecule has 6 nitrogen and oxygen atoms in total. The van der Waals surface area contributed by atoms with Crippen molar-refractivity contribution in [3.05, 3.63) is 65.2 Å². The molecule has 4 rings (SSSR count). The zero-order chi connectivity index (χ0) is 28.2. The number of para-hydroxylation sites is 1. The maximum Gasteiger partial charge on any atom is 0.416 e. The number of alkyl halides is 3. The Labute approximate surface area is 227 Å². The summed E-state index contributed by atoms with van der Waals surface area (Å²) in [5.41, 5.74) is 1.01. The van der Waals surface area contributed by atoms with Crippen molar-refractivity contribution in [3.63, 3.8) is 0 Å². The van der Waals surface area contributed by atoms with Crippen LogP contribution < -0.4 is 10.2 Å². The molecule has 3 atom stereocenters. The van der Waals surface area contributed by atoms with Gasteiger partial charge in [-0.05, 0) is 37.0 Å². The number of benzene rings is 2. The maximum atomic E-state index is 13.5. The van der Waals surface area contributed by atoms with Gasteiger partial charge in [-0.1, -0.05) is 75.8 Å². The van der Waals surface area contributed by atoms with Crippen molar-refractivity contribution in [2.24, 2.45) is 16.8 Å². The molecular weight excluding hydrogens is 507 g/mol. The topological polar surface area (TPSA) is 82.0 Å². The number of unbranched alkanes of at least 4 members (excludes halogenated alkanes) is 3. The number of likely N-dealkylation sites (N-methyl/N-ethyl adjacent to an activating group) is 1. The molecule has 0 bridgehead atoms. The molecule has 3 unspecified atom stereocenters. The smallest absolute Gasteiger partial charge is 0.392 e. The molecule has 0 saturated heterocycles. The molecule has 2 aliphatic rings. The third kappa shape index (κ3) is 7.06. The van der Waals surface area contributed by atoms with E-state index >= 15 is 0 Å². The van der Waals surface area contributed by atoms with Crippen LogP contribution in [0, 0.1) is 11.8 Å². The van der Waals surface area contributed by atoms with Gasteiger partial charge in [0.1, 0.15) is 0 Å². The van der Waals surface area contributed by atoms with E-state index in [4.69, 9.17) is 0 Å². The second kappa shape index (κ2) is 12.3. The number of benzodiazepines with no additional fused rings is 1. The zero-order valence-electron chi connectivity index (χ0n) is 22.4. The van der Waals surface area contributed by atoms with E-state index in [0.29, 0.717) is 41.3 Å². The van der Waals surface area contributed by atoms with Gasteiger partial charge in [0, 0.05) is 18.2 Å². The number of hydrogen-bond donors (Lipinski definition) is 2. The van der Waals surface area contributed by atoms with E-state index in [1.165, 1.54) is 17.0 Å². The average molecular weight is 544 g/mol. The van der Waals surface area contributed by atoms with Gasteiger partial charge in [0.2, 0.25) is 12.1 Å². The predicted octanol–water partition coefficient (Wildman–Crippen LogP) is 5.71. The molecule has 0 radical (unpaired) electrons. The molecule has 1 fully saturated rings. The lowest BCUT2D eigenvalue weighted by Gasteiger charge is -2.25. The number of hydrogen-bond acceptors (Lipinski definition) is 4. The Kier molecular flexibility index (Phi) is 9.10. The van der Waals surface area contributed by atoms with Gasteiger partial charge in [0.15, 0.2) is 0 Å². The second-order valence-corrected chi connectivity index (χ2v) is 10.6. The summed E-state index contributed by atoms with van der Waals surface area (Å²) in [5, 5.41) is 13.7. The Balaban J connectivity index is 1.63. The molecular formula is C30H36F3N3O3. The number of halogens is 3. The quantitative estimate of drug-likeness (QED) is 0.356. The summed E-state index contributed by atoms with van der Waals surface area (Å²) < 4.78 is 39.5. The fraction of sp³-hybridized carbons (Fsp3) is 0.500. The van der Waals surface area contributed by atoms with Crippen LogP contribution in [0.4, 0.5) is 18.9 Å². The standard InChI is InChI=1S/C30H36F3N3O3/c1-3-4-5-6-11-25(37)23(18-19-12-13-19)28(38)35-27-29(39)36(2)24-10-8-7-9-22(24)26(34-27)20-14-16-21(17-15-20)30(31,32)33/h7-10,14-17,19,23,25,27,37H,3-6,11-13,18H2,1-2H3,(H,35,38). The lowest BCUT2D eigenvalue weighted by molar-refractivity contribution is -0.137. The summed E-state index contributed by atoms with van der Waals surface area (Å²) in [4.78, 5) is 33.0. The van der Waals surface area contributed by atoms with Crippen LogP contribution in [0.2, 0.25) is 0 Å². The number of carbonyl (C=O) groups excluding carboxylic acids is 2. The number of amides is 2. The molecule has 0 aromatic heterocycles. The van der Waals surface area contributed by atoms with Crippen molar-refractivity contribution in [1.82, 2.24) is 5.32 Å². The fourth-order valence-corrected chi connectivity index (χ4v) is 5.04. The Morgan fingerprint density at radius 3 is 2.44 bits per heavy atom. The summed E-state index contributed by atoms with van der Waals surface area (Å²) >= 11 is 0.